The molecule has 0 aliphatic heterocycles. The van der Waals surface area contributed by atoms with Gasteiger partial charge in [-0.1, -0.05) is 25.8 Å². The summed E-state index contributed by atoms with van der Waals surface area (Å²) in [6, 6.07) is 1.91. The summed E-state index contributed by atoms with van der Waals surface area (Å²) in [5.74, 6) is -9.48. The van der Waals surface area contributed by atoms with Gasteiger partial charge >= 0.3 is 6.11 Å². The minimum absolute atomic E-state index is 0.158. The summed E-state index contributed by atoms with van der Waals surface area (Å²) in [5, 5.41) is 11.2. The van der Waals surface area contributed by atoms with Gasteiger partial charge in [0.25, 0.3) is 0 Å². The Kier molecular flexibility index (Phi) is 7.93. The second kappa shape index (κ2) is 10.7. The van der Waals surface area contributed by atoms with Crippen molar-refractivity contribution < 1.29 is 40.6 Å². The molecule has 1 atom stereocenters. The minimum Gasteiger partial charge on any atom is -0.429 e. The molecular weight excluding hydrogens is 501 g/mol. The topological polar surface area (TPSA) is 29.5 Å². The van der Waals surface area contributed by atoms with Gasteiger partial charge in [-0.15, -0.1) is 0 Å². The van der Waals surface area contributed by atoms with Gasteiger partial charge in [-0.2, -0.15) is 8.78 Å². The van der Waals surface area contributed by atoms with Gasteiger partial charge in [-0.25, -0.2) is 22.0 Å². The van der Waals surface area contributed by atoms with Crippen molar-refractivity contribution in [3.8, 4) is 5.75 Å². The molecule has 2 aromatic rings. The van der Waals surface area contributed by atoms with Crippen LogP contribution in [-0.2, 0) is 6.11 Å². The first-order valence-electron chi connectivity index (χ1n) is 12.6. The van der Waals surface area contributed by atoms with E-state index < -0.39 is 52.1 Å². The maximum atomic E-state index is 14.8. The average molecular weight is 531 g/mol. The molecule has 37 heavy (non-hydrogen) atoms. The lowest BCUT2D eigenvalue weighted by Gasteiger charge is -2.40. The second-order valence-corrected chi connectivity index (χ2v) is 10.1. The van der Waals surface area contributed by atoms with E-state index in [1.54, 1.807) is 0 Å². The SMILES string of the molecule is CCCC1CC=C(C2(O)CCC(c3cc(F)c(C(F)(F)Oc4cc(F)c(F)c(F)c4)c(F)c3)CC2)CC1. The second-order valence-electron chi connectivity index (χ2n) is 10.1. The van der Waals surface area contributed by atoms with Gasteiger partial charge in [0.2, 0.25) is 0 Å². The third-order valence-electron chi connectivity index (χ3n) is 7.66. The van der Waals surface area contributed by atoms with Gasteiger partial charge in [0, 0.05) is 12.1 Å². The van der Waals surface area contributed by atoms with Crippen molar-refractivity contribution >= 4 is 0 Å². The number of rotatable bonds is 7. The van der Waals surface area contributed by atoms with Crippen molar-refractivity contribution in [3.63, 3.8) is 0 Å². The van der Waals surface area contributed by atoms with E-state index in [0.717, 1.165) is 49.8 Å². The van der Waals surface area contributed by atoms with Crippen LogP contribution in [0.25, 0.3) is 0 Å². The molecule has 1 N–H and O–H groups in total. The Morgan fingerprint density at radius 1 is 0.919 bits per heavy atom. The van der Waals surface area contributed by atoms with Gasteiger partial charge in [-0.3, -0.25) is 0 Å². The highest BCUT2D eigenvalue weighted by Gasteiger charge is 2.43. The van der Waals surface area contributed by atoms with E-state index in [4.69, 9.17) is 0 Å². The minimum atomic E-state index is -4.63. The zero-order chi connectivity index (χ0) is 27.0. The van der Waals surface area contributed by atoms with Crippen LogP contribution in [0.3, 0.4) is 0 Å². The molecule has 2 aliphatic rings. The predicted octanol–water partition coefficient (Wildman–Crippen LogP) is 8.43. The van der Waals surface area contributed by atoms with Crippen LogP contribution in [0.5, 0.6) is 5.75 Å². The first kappa shape index (κ1) is 27.5. The summed E-state index contributed by atoms with van der Waals surface area (Å²) in [5.41, 5.74) is -1.50. The highest BCUT2D eigenvalue weighted by molar-refractivity contribution is 5.33. The fourth-order valence-electron chi connectivity index (χ4n) is 5.63. The Morgan fingerprint density at radius 2 is 1.51 bits per heavy atom. The van der Waals surface area contributed by atoms with Gasteiger partial charge in [-0.05, 0) is 80.1 Å². The largest absolute Gasteiger partial charge is 0.432 e. The van der Waals surface area contributed by atoms with Crippen LogP contribution in [0.4, 0.5) is 30.7 Å². The van der Waals surface area contributed by atoms with Crippen LogP contribution >= 0.6 is 0 Å². The fourth-order valence-corrected chi connectivity index (χ4v) is 5.63. The molecule has 0 amide bonds. The van der Waals surface area contributed by atoms with Gasteiger partial charge in [0.15, 0.2) is 17.5 Å². The molecule has 2 aliphatic carbocycles. The summed E-state index contributed by atoms with van der Waals surface area (Å²) in [6.45, 7) is 2.15. The summed E-state index contributed by atoms with van der Waals surface area (Å²) < 4.78 is 103. The lowest BCUT2D eigenvalue weighted by Crippen LogP contribution is -2.36. The average Bonchev–Trinajstić information content (AvgIpc) is 2.82. The fraction of sp³-hybridized carbons (Fsp3) is 0.500. The van der Waals surface area contributed by atoms with Crippen molar-refractivity contribution in [3.05, 3.63) is 76.1 Å². The molecule has 202 valence electrons. The van der Waals surface area contributed by atoms with E-state index in [0.29, 0.717) is 31.6 Å². The Morgan fingerprint density at radius 3 is 2.03 bits per heavy atom. The van der Waals surface area contributed by atoms with Crippen molar-refractivity contribution in [2.75, 3.05) is 0 Å². The maximum absolute atomic E-state index is 14.8. The lowest BCUT2D eigenvalue weighted by atomic mass is 9.69. The summed E-state index contributed by atoms with van der Waals surface area (Å²) in [4.78, 5) is 0. The highest BCUT2D eigenvalue weighted by Crippen LogP contribution is 2.46. The van der Waals surface area contributed by atoms with E-state index in [1.165, 1.54) is 0 Å². The number of allylic oxidation sites excluding steroid dienone is 1. The van der Waals surface area contributed by atoms with Crippen LogP contribution in [-0.4, -0.2) is 10.7 Å². The van der Waals surface area contributed by atoms with E-state index in [-0.39, 0.29) is 23.6 Å². The molecule has 0 saturated heterocycles. The molecule has 0 spiro atoms. The molecule has 4 rings (SSSR count). The molecule has 0 bridgehead atoms. The molecule has 9 heteroatoms. The van der Waals surface area contributed by atoms with Crippen LogP contribution < -0.4 is 4.74 Å². The quantitative estimate of drug-likeness (QED) is 0.221. The molecule has 1 fully saturated rings. The number of aliphatic hydroxyl groups is 1. The third kappa shape index (κ3) is 5.81. The van der Waals surface area contributed by atoms with Crippen LogP contribution in [0.2, 0.25) is 0 Å². The number of halogens is 7. The van der Waals surface area contributed by atoms with Crippen LogP contribution in [0, 0.1) is 35.0 Å². The van der Waals surface area contributed by atoms with Gasteiger partial charge < -0.3 is 9.84 Å². The van der Waals surface area contributed by atoms with Crippen molar-refractivity contribution in [2.45, 2.75) is 82.3 Å². The Labute approximate surface area is 211 Å². The van der Waals surface area contributed by atoms with E-state index in [2.05, 4.69) is 17.7 Å². The molecule has 1 saturated carbocycles. The zero-order valence-electron chi connectivity index (χ0n) is 20.4. The number of hydrogen-bond acceptors (Lipinski definition) is 2. The molecule has 0 radical (unpaired) electrons. The standard InChI is InChI=1S/C28H29F7O2/c1-2-3-16-4-6-19(7-5-16)27(36)10-8-17(9-11-27)18-12-21(29)25(22(30)13-18)28(34,35)37-20-14-23(31)26(33)24(32)15-20/h6,12-17,36H,2-5,7-11H2,1H3. The summed E-state index contributed by atoms with van der Waals surface area (Å²) in [6.07, 6.45) is 4.18. The lowest BCUT2D eigenvalue weighted by molar-refractivity contribution is -0.189. The molecule has 0 aromatic heterocycles. The van der Waals surface area contributed by atoms with Crippen molar-refractivity contribution in [1.82, 2.24) is 0 Å². The van der Waals surface area contributed by atoms with Gasteiger partial charge in [0.1, 0.15) is 22.9 Å². The Bertz CT molecular complexity index is 1120. The van der Waals surface area contributed by atoms with E-state index in [1.807, 2.05) is 0 Å². The normalized spacial score (nSPS) is 24.6. The van der Waals surface area contributed by atoms with E-state index in [9.17, 15) is 35.8 Å². The maximum Gasteiger partial charge on any atom is 0.432 e. The zero-order valence-corrected chi connectivity index (χ0v) is 20.4. The number of benzene rings is 2. The van der Waals surface area contributed by atoms with E-state index >= 15 is 0 Å². The van der Waals surface area contributed by atoms with Crippen LogP contribution in [0.1, 0.15) is 81.8 Å². The first-order chi connectivity index (χ1) is 17.4. The van der Waals surface area contributed by atoms with Gasteiger partial charge in [0.05, 0.1) is 5.60 Å². The van der Waals surface area contributed by atoms with Crippen molar-refractivity contribution in [2.24, 2.45) is 5.92 Å². The Balaban J connectivity index is 1.47. The number of ether oxygens (including phenoxy) is 1. The van der Waals surface area contributed by atoms with Crippen LogP contribution in [0.15, 0.2) is 35.9 Å². The molecular formula is C28H29F7O2. The number of hydrogen-bond donors (Lipinski definition) is 1. The summed E-state index contributed by atoms with van der Waals surface area (Å²) >= 11 is 0. The third-order valence-corrected chi connectivity index (χ3v) is 7.66. The molecule has 2 aromatic carbocycles. The smallest absolute Gasteiger partial charge is 0.429 e. The van der Waals surface area contributed by atoms with Crippen molar-refractivity contribution in [1.29, 1.82) is 0 Å². The molecule has 1 unspecified atom stereocenters. The molecule has 0 heterocycles. The summed E-state index contributed by atoms with van der Waals surface area (Å²) in [7, 11) is 0. The predicted molar refractivity (Wildman–Crippen MR) is 124 cm³/mol. The highest BCUT2D eigenvalue weighted by atomic mass is 19.3. The molecule has 2 nitrogen and oxygen atoms in total. The Hall–Kier alpha value is -2.55. The number of alkyl halides is 2. The first-order valence-corrected chi connectivity index (χ1v) is 12.6. The monoisotopic (exact) mass is 530 g/mol.